The lowest BCUT2D eigenvalue weighted by molar-refractivity contribution is -0.127. The van der Waals surface area contributed by atoms with Crippen LogP contribution in [0.5, 0.6) is 0 Å². The van der Waals surface area contributed by atoms with Gasteiger partial charge in [0.15, 0.2) is 15.6 Å². The second-order valence-corrected chi connectivity index (χ2v) is 8.08. The minimum Gasteiger partial charge on any atom is -0.446 e. The zero-order chi connectivity index (χ0) is 18.6. The van der Waals surface area contributed by atoms with Crippen molar-refractivity contribution in [3.8, 4) is 11.6 Å². The van der Waals surface area contributed by atoms with Crippen molar-refractivity contribution >= 4 is 33.6 Å². The fraction of sp³-hybridized carbons (Fsp3) is 0.316. The molecule has 0 aliphatic carbocycles. The number of hydrogen-bond donors (Lipinski definition) is 0. The molecule has 1 aromatic carbocycles. The number of furan rings is 1. The molecule has 1 amide bonds. The van der Waals surface area contributed by atoms with Gasteiger partial charge in [-0.3, -0.25) is 9.36 Å². The zero-order valence-electron chi connectivity index (χ0n) is 14.7. The summed E-state index contributed by atoms with van der Waals surface area (Å²) < 4.78 is 8.32. The Morgan fingerprint density at radius 2 is 1.89 bits per heavy atom. The number of likely N-dealkylation sites (tertiary alicyclic amines) is 1. The topological polar surface area (TPSA) is 64.2 Å². The van der Waals surface area contributed by atoms with E-state index in [1.807, 2.05) is 39.8 Å². The van der Waals surface area contributed by atoms with Crippen LogP contribution in [-0.2, 0) is 11.3 Å². The van der Waals surface area contributed by atoms with Gasteiger partial charge in [-0.05, 0) is 46.5 Å². The molecule has 1 aliphatic heterocycles. The lowest BCUT2D eigenvalue weighted by atomic mass is 10.2. The van der Waals surface area contributed by atoms with E-state index in [0.29, 0.717) is 33.7 Å². The number of nitrogens with zero attached hydrogens (tertiary/aromatic N) is 4. The van der Waals surface area contributed by atoms with Crippen LogP contribution in [0.4, 0.5) is 0 Å². The predicted octanol–water partition coefficient (Wildman–Crippen LogP) is 4.06. The molecule has 0 N–H and O–H groups in total. The van der Waals surface area contributed by atoms with E-state index in [2.05, 4.69) is 38.3 Å². The molecular formula is C19H19BrN4O2S. The van der Waals surface area contributed by atoms with Gasteiger partial charge >= 0.3 is 0 Å². The summed E-state index contributed by atoms with van der Waals surface area (Å²) in [4.78, 5) is 14.3. The van der Waals surface area contributed by atoms with Crippen molar-refractivity contribution in [3.05, 3.63) is 52.7 Å². The SMILES string of the molecule is O=C(CSc1nnc(-c2ccc(Br)o2)n1Cc1ccccc1)N1CCCC1. The van der Waals surface area contributed by atoms with Crippen molar-refractivity contribution in [2.45, 2.75) is 24.5 Å². The standard InChI is InChI=1S/C19H19BrN4O2S/c20-16-9-8-15(26-16)18-21-22-19(24(18)12-14-6-2-1-3-7-14)27-13-17(25)23-10-4-5-11-23/h1-3,6-9H,4-5,10-13H2. The van der Waals surface area contributed by atoms with Crippen LogP contribution >= 0.6 is 27.7 Å². The van der Waals surface area contributed by atoms with Gasteiger partial charge in [-0.25, -0.2) is 0 Å². The van der Waals surface area contributed by atoms with Gasteiger partial charge in [0, 0.05) is 13.1 Å². The second kappa shape index (κ2) is 8.31. The fourth-order valence-electron chi connectivity index (χ4n) is 3.10. The monoisotopic (exact) mass is 446 g/mol. The van der Waals surface area contributed by atoms with Gasteiger partial charge in [0.2, 0.25) is 11.7 Å². The molecule has 0 saturated carbocycles. The van der Waals surface area contributed by atoms with Gasteiger partial charge in [-0.15, -0.1) is 10.2 Å². The summed E-state index contributed by atoms with van der Waals surface area (Å²) in [6, 6.07) is 13.8. The van der Waals surface area contributed by atoms with Gasteiger partial charge < -0.3 is 9.32 Å². The highest BCUT2D eigenvalue weighted by molar-refractivity contribution is 9.10. The van der Waals surface area contributed by atoms with Crippen molar-refractivity contribution < 1.29 is 9.21 Å². The molecule has 140 valence electrons. The number of hydrogen-bond acceptors (Lipinski definition) is 5. The summed E-state index contributed by atoms with van der Waals surface area (Å²) in [5, 5.41) is 9.37. The minimum absolute atomic E-state index is 0.161. The highest BCUT2D eigenvalue weighted by Crippen LogP contribution is 2.28. The molecule has 3 heterocycles. The molecule has 6 nitrogen and oxygen atoms in total. The Kier molecular flexibility index (Phi) is 5.63. The Hall–Kier alpha value is -2.06. The Bertz CT molecular complexity index is 919. The molecule has 27 heavy (non-hydrogen) atoms. The average molecular weight is 447 g/mol. The molecule has 0 radical (unpaired) electrons. The van der Waals surface area contributed by atoms with E-state index < -0.39 is 0 Å². The number of carbonyl (C=O) groups excluding carboxylic acids is 1. The summed E-state index contributed by atoms with van der Waals surface area (Å²) in [5.74, 6) is 1.83. The molecule has 8 heteroatoms. The maximum absolute atomic E-state index is 12.4. The van der Waals surface area contributed by atoms with E-state index in [1.165, 1.54) is 11.8 Å². The van der Waals surface area contributed by atoms with Crippen molar-refractivity contribution in [3.63, 3.8) is 0 Å². The van der Waals surface area contributed by atoms with Crippen LogP contribution in [0.3, 0.4) is 0 Å². The van der Waals surface area contributed by atoms with E-state index in [1.54, 1.807) is 0 Å². The van der Waals surface area contributed by atoms with Crippen molar-refractivity contribution in [1.29, 1.82) is 0 Å². The largest absolute Gasteiger partial charge is 0.446 e. The van der Waals surface area contributed by atoms with Crippen LogP contribution < -0.4 is 0 Å². The second-order valence-electron chi connectivity index (χ2n) is 6.36. The van der Waals surface area contributed by atoms with Gasteiger partial charge in [0.1, 0.15) is 0 Å². The molecule has 4 rings (SSSR count). The smallest absolute Gasteiger partial charge is 0.233 e. The van der Waals surface area contributed by atoms with Crippen LogP contribution in [0.25, 0.3) is 11.6 Å². The van der Waals surface area contributed by atoms with Gasteiger partial charge in [0.25, 0.3) is 0 Å². The number of carbonyl (C=O) groups is 1. The van der Waals surface area contributed by atoms with Crippen molar-refractivity contribution in [2.24, 2.45) is 0 Å². The molecule has 2 aromatic heterocycles. The third-order valence-corrected chi connectivity index (χ3v) is 5.86. The van der Waals surface area contributed by atoms with E-state index in [4.69, 9.17) is 4.42 Å². The Morgan fingerprint density at radius 3 is 2.59 bits per heavy atom. The number of amides is 1. The third-order valence-electron chi connectivity index (χ3n) is 4.48. The molecule has 1 aliphatic rings. The van der Waals surface area contributed by atoms with Crippen LogP contribution in [0.2, 0.25) is 0 Å². The van der Waals surface area contributed by atoms with E-state index in [-0.39, 0.29) is 5.91 Å². The highest BCUT2D eigenvalue weighted by Gasteiger charge is 2.21. The first-order chi connectivity index (χ1) is 13.2. The number of halogens is 1. The third kappa shape index (κ3) is 4.27. The van der Waals surface area contributed by atoms with Gasteiger partial charge in [-0.1, -0.05) is 42.1 Å². The van der Waals surface area contributed by atoms with Crippen LogP contribution in [0.1, 0.15) is 18.4 Å². The first kappa shape index (κ1) is 18.3. The first-order valence-corrected chi connectivity index (χ1v) is 10.6. The van der Waals surface area contributed by atoms with Crippen molar-refractivity contribution in [2.75, 3.05) is 18.8 Å². The lowest BCUT2D eigenvalue weighted by Crippen LogP contribution is -2.29. The van der Waals surface area contributed by atoms with Crippen LogP contribution in [0, 0.1) is 0 Å². The Balaban J connectivity index is 1.58. The normalized spacial score (nSPS) is 14.0. The fourth-order valence-corrected chi connectivity index (χ4v) is 4.25. The summed E-state index contributed by atoms with van der Waals surface area (Å²) in [7, 11) is 0. The lowest BCUT2D eigenvalue weighted by Gasteiger charge is -2.15. The molecule has 1 saturated heterocycles. The summed E-state index contributed by atoms with van der Waals surface area (Å²) in [5.41, 5.74) is 1.14. The van der Waals surface area contributed by atoms with E-state index >= 15 is 0 Å². The quantitative estimate of drug-likeness (QED) is 0.534. The number of rotatable bonds is 6. The maximum Gasteiger partial charge on any atom is 0.233 e. The molecule has 0 bridgehead atoms. The molecule has 0 spiro atoms. The molecule has 0 unspecified atom stereocenters. The predicted molar refractivity (Wildman–Crippen MR) is 108 cm³/mol. The molecule has 0 atom stereocenters. The zero-order valence-corrected chi connectivity index (χ0v) is 17.1. The van der Waals surface area contributed by atoms with Gasteiger partial charge in [-0.2, -0.15) is 0 Å². The summed E-state index contributed by atoms with van der Waals surface area (Å²) in [6.45, 7) is 2.34. The highest BCUT2D eigenvalue weighted by atomic mass is 79.9. The summed E-state index contributed by atoms with van der Waals surface area (Å²) in [6.07, 6.45) is 2.19. The molecule has 3 aromatic rings. The molecular weight excluding hydrogens is 428 g/mol. The maximum atomic E-state index is 12.4. The summed E-state index contributed by atoms with van der Waals surface area (Å²) >= 11 is 4.76. The van der Waals surface area contributed by atoms with E-state index in [9.17, 15) is 4.79 Å². The number of benzene rings is 1. The number of thioether (sulfide) groups is 1. The number of aromatic nitrogens is 3. The first-order valence-electron chi connectivity index (χ1n) is 8.84. The van der Waals surface area contributed by atoms with Crippen LogP contribution in [0.15, 0.2) is 56.7 Å². The van der Waals surface area contributed by atoms with Crippen molar-refractivity contribution in [1.82, 2.24) is 19.7 Å². The van der Waals surface area contributed by atoms with Crippen LogP contribution in [-0.4, -0.2) is 44.4 Å². The Labute approximate surface area is 170 Å². The van der Waals surface area contributed by atoms with E-state index in [0.717, 1.165) is 31.5 Å². The minimum atomic E-state index is 0.161. The average Bonchev–Trinajstić information content (AvgIpc) is 3.42. The molecule has 1 fully saturated rings. The van der Waals surface area contributed by atoms with Gasteiger partial charge in [0.05, 0.1) is 12.3 Å². The Morgan fingerprint density at radius 1 is 1.11 bits per heavy atom.